The molecule has 1 aromatic carbocycles. The summed E-state index contributed by atoms with van der Waals surface area (Å²) in [6.07, 6.45) is 5.10. The molecule has 110 valence electrons. The lowest BCUT2D eigenvalue weighted by atomic mass is 9.80. The van der Waals surface area contributed by atoms with Gasteiger partial charge < -0.3 is 10.7 Å². The number of hydrazine groups is 1. The first kappa shape index (κ1) is 14.6. The standard InChI is InChI=1S/C14H22N4O2/c1-10-4-2-3-5-11(10)9-16-12-6-13(17-15)8-14(7-12)18(19)20/h6-8,10-11,16-17H,2-5,9,15H2,1H3. The number of rotatable bonds is 5. The van der Waals surface area contributed by atoms with Crippen molar-refractivity contribution in [3.8, 4) is 0 Å². The molecule has 2 atom stereocenters. The summed E-state index contributed by atoms with van der Waals surface area (Å²) in [6, 6.07) is 4.77. The maximum Gasteiger partial charge on any atom is 0.273 e. The number of nitro groups is 1. The highest BCUT2D eigenvalue weighted by Crippen LogP contribution is 2.30. The van der Waals surface area contributed by atoms with Crippen molar-refractivity contribution in [2.75, 3.05) is 17.3 Å². The summed E-state index contributed by atoms with van der Waals surface area (Å²) in [5.41, 5.74) is 3.79. The normalized spacial score (nSPS) is 22.3. The van der Waals surface area contributed by atoms with Crippen LogP contribution in [0, 0.1) is 22.0 Å². The molecule has 0 aliphatic heterocycles. The van der Waals surface area contributed by atoms with Gasteiger partial charge in [-0.1, -0.05) is 26.2 Å². The quantitative estimate of drug-likeness (QED) is 0.437. The minimum atomic E-state index is -0.407. The van der Waals surface area contributed by atoms with Gasteiger partial charge in [0.05, 0.1) is 10.6 Å². The van der Waals surface area contributed by atoms with Crippen LogP contribution >= 0.6 is 0 Å². The van der Waals surface area contributed by atoms with Crippen molar-refractivity contribution in [1.82, 2.24) is 0 Å². The fourth-order valence-electron chi connectivity index (χ4n) is 2.85. The number of anilines is 2. The van der Waals surface area contributed by atoms with Crippen molar-refractivity contribution < 1.29 is 4.92 Å². The van der Waals surface area contributed by atoms with E-state index in [9.17, 15) is 10.1 Å². The zero-order valence-corrected chi connectivity index (χ0v) is 11.8. The third-order valence-electron chi connectivity index (χ3n) is 4.15. The lowest BCUT2D eigenvalue weighted by Gasteiger charge is -2.29. The maximum atomic E-state index is 10.9. The van der Waals surface area contributed by atoms with E-state index in [2.05, 4.69) is 17.7 Å². The molecule has 1 aliphatic carbocycles. The van der Waals surface area contributed by atoms with Crippen LogP contribution in [-0.4, -0.2) is 11.5 Å². The van der Waals surface area contributed by atoms with Gasteiger partial charge in [0, 0.05) is 24.4 Å². The number of nitrogen functional groups attached to an aromatic ring is 1. The Bertz CT molecular complexity index is 478. The van der Waals surface area contributed by atoms with Crippen LogP contribution in [0.2, 0.25) is 0 Å². The average Bonchev–Trinajstić information content (AvgIpc) is 2.46. The molecule has 0 amide bonds. The Morgan fingerprint density at radius 1 is 1.30 bits per heavy atom. The fraction of sp³-hybridized carbons (Fsp3) is 0.571. The molecule has 6 nitrogen and oxygen atoms in total. The van der Waals surface area contributed by atoms with Crippen LogP contribution in [0.25, 0.3) is 0 Å². The Morgan fingerprint density at radius 3 is 2.65 bits per heavy atom. The number of hydrogen-bond donors (Lipinski definition) is 3. The zero-order valence-electron chi connectivity index (χ0n) is 11.8. The number of nitrogens with one attached hydrogen (secondary N) is 2. The SMILES string of the molecule is CC1CCCCC1CNc1cc(NN)cc([N+](=O)[O-])c1. The zero-order chi connectivity index (χ0) is 14.5. The molecule has 1 saturated carbocycles. The molecule has 20 heavy (non-hydrogen) atoms. The molecule has 4 N–H and O–H groups in total. The van der Waals surface area contributed by atoms with Gasteiger partial charge in [0.25, 0.3) is 5.69 Å². The summed E-state index contributed by atoms with van der Waals surface area (Å²) >= 11 is 0. The number of non-ortho nitro benzene ring substituents is 1. The van der Waals surface area contributed by atoms with Crippen LogP contribution in [0.15, 0.2) is 18.2 Å². The van der Waals surface area contributed by atoms with Crippen molar-refractivity contribution in [2.24, 2.45) is 17.7 Å². The van der Waals surface area contributed by atoms with E-state index in [4.69, 9.17) is 5.84 Å². The molecule has 2 rings (SSSR count). The number of benzene rings is 1. The van der Waals surface area contributed by atoms with E-state index in [1.165, 1.54) is 31.7 Å². The molecule has 0 heterocycles. The Morgan fingerprint density at radius 2 is 2.00 bits per heavy atom. The predicted molar refractivity (Wildman–Crippen MR) is 80.5 cm³/mol. The van der Waals surface area contributed by atoms with E-state index in [0.717, 1.165) is 12.2 Å². The van der Waals surface area contributed by atoms with Gasteiger partial charge in [0.1, 0.15) is 0 Å². The monoisotopic (exact) mass is 278 g/mol. The van der Waals surface area contributed by atoms with Crippen molar-refractivity contribution in [2.45, 2.75) is 32.6 Å². The minimum Gasteiger partial charge on any atom is -0.384 e. The first-order valence-corrected chi connectivity index (χ1v) is 7.10. The topological polar surface area (TPSA) is 93.2 Å². The van der Waals surface area contributed by atoms with E-state index >= 15 is 0 Å². The van der Waals surface area contributed by atoms with Crippen molar-refractivity contribution in [3.63, 3.8) is 0 Å². The number of nitro benzene ring substituents is 1. The highest BCUT2D eigenvalue weighted by molar-refractivity contribution is 5.63. The Kier molecular flexibility index (Phi) is 4.79. The highest BCUT2D eigenvalue weighted by Gasteiger charge is 2.21. The lowest BCUT2D eigenvalue weighted by molar-refractivity contribution is -0.384. The molecule has 0 radical (unpaired) electrons. The second kappa shape index (κ2) is 6.56. The molecular weight excluding hydrogens is 256 g/mol. The van der Waals surface area contributed by atoms with Gasteiger partial charge in [-0.25, -0.2) is 0 Å². The van der Waals surface area contributed by atoms with Crippen LogP contribution in [0.5, 0.6) is 0 Å². The average molecular weight is 278 g/mol. The predicted octanol–water partition coefficient (Wildman–Crippen LogP) is 3.12. The molecule has 1 fully saturated rings. The van der Waals surface area contributed by atoms with Gasteiger partial charge >= 0.3 is 0 Å². The van der Waals surface area contributed by atoms with E-state index in [1.807, 2.05) is 0 Å². The van der Waals surface area contributed by atoms with Gasteiger partial charge in [-0.2, -0.15) is 0 Å². The van der Waals surface area contributed by atoms with Crippen LogP contribution in [0.1, 0.15) is 32.6 Å². The summed E-state index contributed by atoms with van der Waals surface area (Å²) in [7, 11) is 0. The fourth-order valence-corrected chi connectivity index (χ4v) is 2.85. The van der Waals surface area contributed by atoms with Crippen LogP contribution in [0.4, 0.5) is 17.1 Å². The molecule has 0 bridgehead atoms. The summed E-state index contributed by atoms with van der Waals surface area (Å²) in [5.74, 6) is 6.70. The summed E-state index contributed by atoms with van der Waals surface area (Å²) in [4.78, 5) is 10.5. The molecule has 6 heteroatoms. The van der Waals surface area contributed by atoms with E-state index in [1.54, 1.807) is 12.1 Å². The highest BCUT2D eigenvalue weighted by atomic mass is 16.6. The minimum absolute atomic E-state index is 0.0413. The van der Waals surface area contributed by atoms with Crippen molar-refractivity contribution in [3.05, 3.63) is 28.3 Å². The van der Waals surface area contributed by atoms with E-state index < -0.39 is 4.92 Å². The second-order valence-electron chi connectivity index (χ2n) is 5.57. The van der Waals surface area contributed by atoms with E-state index in [-0.39, 0.29) is 5.69 Å². The van der Waals surface area contributed by atoms with Gasteiger partial charge in [-0.05, 0) is 24.3 Å². The number of nitrogens with two attached hydrogens (primary N) is 1. The van der Waals surface area contributed by atoms with Gasteiger partial charge in [-0.15, -0.1) is 0 Å². The first-order chi connectivity index (χ1) is 9.60. The molecule has 0 spiro atoms. The van der Waals surface area contributed by atoms with Crippen molar-refractivity contribution in [1.29, 1.82) is 0 Å². The van der Waals surface area contributed by atoms with Crippen molar-refractivity contribution >= 4 is 17.1 Å². The second-order valence-corrected chi connectivity index (χ2v) is 5.57. The Labute approximate surface area is 118 Å². The molecule has 2 unspecified atom stereocenters. The Balaban J connectivity index is 2.04. The maximum absolute atomic E-state index is 10.9. The summed E-state index contributed by atoms with van der Waals surface area (Å²) in [5, 5.41) is 14.2. The van der Waals surface area contributed by atoms with Gasteiger partial charge in [0.2, 0.25) is 0 Å². The smallest absolute Gasteiger partial charge is 0.273 e. The van der Waals surface area contributed by atoms with Crippen LogP contribution in [0.3, 0.4) is 0 Å². The number of hydrogen-bond acceptors (Lipinski definition) is 5. The third kappa shape index (κ3) is 3.60. The summed E-state index contributed by atoms with van der Waals surface area (Å²) in [6.45, 7) is 3.14. The summed E-state index contributed by atoms with van der Waals surface area (Å²) < 4.78 is 0. The molecule has 0 saturated heterocycles. The van der Waals surface area contributed by atoms with Gasteiger partial charge in [-0.3, -0.25) is 16.0 Å². The number of nitrogens with zero attached hydrogens (tertiary/aromatic N) is 1. The molecule has 1 aromatic rings. The lowest BCUT2D eigenvalue weighted by Crippen LogP contribution is -2.24. The van der Waals surface area contributed by atoms with Gasteiger partial charge in [0.15, 0.2) is 0 Å². The third-order valence-corrected chi connectivity index (χ3v) is 4.15. The first-order valence-electron chi connectivity index (χ1n) is 7.10. The van der Waals surface area contributed by atoms with Crippen LogP contribution < -0.4 is 16.6 Å². The van der Waals surface area contributed by atoms with Crippen LogP contribution in [-0.2, 0) is 0 Å². The largest absolute Gasteiger partial charge is 0.384 e. The van der Waals surface area contributed by atoms with E-state index in [0.29, 0.717) is 17.5 Å². The molecule has 1 aliphatic rings. The Hall–Kier alpha value is -1.82. The molecule has 0 aromatic heterocycles. The molecular formula is C14H22N4O2.